The molecule has 0 aliphatic carbocycles. The minimum absolute atomic E-state index is 0.169. The van der Waals surface area contributed by atoms with Crippen molar-refractivity contribution in [3.05, 3.63) is 53.0 Å². The molecule has 1 fully saturated rings. The van der Waals surface area contributed by atoms with Crippen LogP contribution in [0.2, 0.25) is 0 Å². The maximum atomic E-state index is 12.7. The van der Waals surface area contributed by atoms with Crippen molar-refractivity contribution in [3.63, 3.8) is 0 Å². The van der Waals surface area contributed by atoms with Gasteiger partial charge >= 0.3 is 0 Å². The fourth-order valence-corrected chi connectivity index (χ4v) is 4.83. The van der Waals surface area contributed by atoms with E-state index >= 15 is 0 Å². The molecular weight excluding hydrogens is 444 g/mol. The van der Waals surface area contributed by atoms with Crippen molar-refractivity contribution in [3.8, 4) is 5.75 Å². The van der Waals surface area contributed by atoms with Crippen molar-refractivity contribution in [1.29, 1.82) is 0 Å². The smallest absolute Gasteiger partial charge is 0.262 e. The third-order valence-corrected chi connectivity index (χ3v) is 7.33. The summed E-state index contributed by atoms with van der Waals surface area (Å²) in [6.07, 6.45) is 1.76. The summed E-state index contributed by atoms with van der Waals surface area (Å²) in [4.78, 5) is 12.3. The third kappa shape index (κ3) is 5.12. The highest BCUT2D eigenvalue weighted by Gasteiger charge is 2.27. The Bertz CT molecular complexity index is 923. The van der Waals surface area contributed by atoms with Crippen molar-refractivity contribution in [1.82, 2.24) is 4.31 Å². The lowest BCUT2D eigenvalue weighted by Gasteiger charge is -2.29. The standard InChI is InChI=1S/C20H23BrN2O4S/c1-15-10-12-23(13-11-15)28(25,26)17-8-6-16(7-9-17)27-14-20(24)22-19-5-3-2-4-18(19)21/h2-9,15H,10-14H2,1H3,(H,22,24). The van der Waals surface area contributed by atoms with Crippen LogP contribution in [0.5, 0.6) is 5.75 Å². The topological polar surface area (TPSA) is 75.7 Å². The molecule has 8 heteroatoms. The van der Waals surface area contributed by atoms with Crippen LogP contribution in [0.4, 0.5) is 5.69 Å². The van der Waals surface area contributed by atoms with Crippen molar-refractivity contribution in [2.24, 2.45) is 5.92 Å². The molecule has 0 unspecified atom stereocenters. The van der Waals surface area contributed by atoms with Crippen LogP contribution in [0.25, 0.3) is 0 Å². The van der Waals surface area contributed by atoms with Crippen LogP contribution >= 0.6 is 15.9 Å². The molecular formula is C20H23BrN2O4S. The number of carbonyl (C=O) groups is 1. The van der Waals surface area contributed by atoms with Crippen LogP contribution in [-0.2, 0) is 14.8 Å². The highest BCUT2D eigenvalue weighted by Crippen LogP contribution is 2.25. The number of para-hydroxylation sites is 1. The van der Waals surface area contributed by atoms with Gasteiger partial charge in [0.2, 0.25) is 10.0 Å². The van der Waals surface area contributed by atoms with Crippen LogP contribution in [0.15, 0.2) is 57.9 Å². The van der Waals surface area contributed by atoms with Gasteiger partial charge < -0.3 is 10.1 Å². The maximum Gasteiger partial charge on any atom is 0.262 e. The SMILES string of the molecule is CC1CCN(S(=O)(=O)c2ccc(OCC(=O)Nc3ccccc3Br)cc2)CC1. The summed E-state index contributed by atoms with van der Waals surface area (Å²) in [7, 11) is -3.49. The molecule has 0 spiro atoms. The number of nitrogens with zero attached hydrogens (tertiary/aromatic N) is 1. The summed E-state index contributed by atoms with van der Waals surface area (Å²) in [5.41, 5.74) is 0.661. The van der Waals surface area contributed by atoms with E-state index in [1.54, 1.807) is 18.2 Å². The zero-order valence-corrected chi connectivity index (χ0v) is 18.0. The molecule has 150 valence electrons. The van der Waals surface area contributed by atoms with E-state index in [2.05, 4.69) is 28.2 Å². The van der Waals surface area contributed by atoms with Crippen molar-refractivity contribution >= 4 is 37.5 Å². The number of halogens is 1. The summed E-state index contributed by atoms with van der Waals surface area (Å²) < 4.78 is 33.2. The van der Waals surface area contributed by atoms with Gasteiger partial charge in [-0.15, -0.1) is 0 Å². The first-order valence-electron chi connectivity index (χ1n) is 9.13. The van der Waals surface area contributed by atoms with Gasteiger partial charge in [-0.1, -0.05) is 19.1 Å². The predicted molar refractivity (Wildman–Crippen MR) is 112 cm³/mol. The third-order valence-electron chi connectivity index (χ3n) is 4.72. The molecule has 0 radical (unpaired) electrons. The van der Waals surface area contributed by atoms with Crippen LogP contribution in [-0.4, -0.2) is 38.3 Å². The van der Waals surface area contributed by atoms with E-state index in [1.807, 2.05) is 18.2 Å². The monoisotopic (exact) mass is 466 g/mol. The Morgan fingerprint density at radius 1 is 1.14 bits per heavy atom. The minimum Gasteiger partial charge on any atom is -0.484 e. The van der Waals surface area contributed by atoms with E-state index in [0.717, 1.165) is 17.3 Å². The first-order valence-corrected chi connectivity index (χ1v) is 11.4. The molecule has 1 aliphatic rings. The van der Waals surface area contributed by atoms with Gasteiger partial charge in [-0.2, -0.15) is 4.31 Å². The number of ether oxygens (including phenoxy) is 1. The molecule has 0 aromatic heterocycles. The van der Waals surface area contributed by atoms with Gasteiger partial charge in [0, 0.05) is 17.6 Å². The molecule has 1 amide bonds. The number of hydrogen-bond donors (Lipinski definition) is 1. The molecule has 3 rings (SSSR count). The first-order chi connectivity index (χ1) is 13.4. The molecule has 1 saturated heterocycles. The highest BCUT2D eigenvalue weighted by molar-refractivity contribution is 9.10. The molecule has 1 N–H and O–H groups in total. The van der Waals surface area contributed by atoms with Gasteiger partial charge in [0.05, 0.1) is 10.6 Å². The van der Waals surface area contributed by atoms with Crippen molar-refractivity contribution in [2.45, 2.75) is 24.7 Å². The number of anilines is 1. The van der Waals surface area contributed by atoms with Crippen LogP contribution < -0.4 is 10.1 Å². The summed E-state index contributed by atoms with van der Waals surface area (Å²) in [5.74, 6) is 0.699. The second-order valence-corrected chi connectivity index (χ2v) is 9.67. The van der Waals surface area contributed by atoms with Crippen LogP contribution in [0.3, 0.4) is 0 Å². The lowest BCUT2D eigenvalue weighted by atomic mass is 10.0. The average molecular weight is 467 g/mol. The Morgan fingerprint density at radius 2 is 1.79 bits per heavy atom. The number of carbonyl (C=O) groups excluding carboxylic acids is 1. The first kappa shape index (κ1) is 20.8. The van der Waals surface area contributed by atoms with E-state index in [1.165, 1.54) is 16.4 Å². The quantitative estimate of drug-likeness (QED) is 0.700. The number of nitrogens with one attached hydrogen (secondary N) is 1. The summed E-state index contributed by atoms with van der Waals surface area (Å²) in [5, 5.41) is 2.75. The van der Waals surface area contributed by atoms with Crippen molar-refractivity contribution < 1.29 is 17.9 Å². The second kappa shape index (κ2) is 9.07. The van der Waals surface area contributed by atoms with E-state index in [4.69, 9.17) is 4.74 Å². The second-order valence-electron chi connectivity index (χ2n) is 6.87. The Labute approximate surface area is 174 Å². The molecule has 0 atom stereocenters. The zero-order chi connectivity index (χ0) is 20.1. The van der Waals surface area contributed by atoms with Crippen LogP contribution in [0, 0.1) is 5.92 Å². The summed E-state index contributed by atoms with van der Waals surface area (Å²) in [6, 6.07) is 13.5. The molecule has 1 aliphatic heterocycles. The van der Waals surface area contributed by atoms with E-state index in [9.17, 15) is 13.2 Å². The molecule has 0 saturated carbocycles. The van der Waals surface area contributed by atoms with Crippen LogP contribution in [0.1, 0.15) is 19.8 Å². The lowest BCUT2D eigenvalue weighted by molar-refractivity contribution is -0.118. The fraction of sp³-hybridized carbons (Fsp3) is 0.350. The number of benzene rings is 2. The lowest BCUT2D eigenvalue weighted by Crippen LogP contribution is -2.37. The Hall–Kier alpha value is -1.90. The zero-order valence-electron chi connectivity index (χ0n) is 15.6. The molecule has 2 aromatic rings. The minimum atomic E-state index is -3.49. The molecule has 2 aromatic carbocycles. The highest BCUT2D eigenvalue weighted by atomic mass is 79.9. The molecule has 1 heterocycles. The number of amides is 1. The van der Waals surface area contributed by atoms with E-state index in [-0.39, 0.29) is 17.4 Å². The van der Waals surface area contributed by atoms with Gasteiger partial charge in [-0.05, 0) is 71.1 Å². The van der Waals surface area contributed by atoms with Gasteiger partial charge in [0.1, 0.15) is 5.75 Å². The van der Waals surface area contributed by atoms with E-state index in [0.29, 0.717) is 30.4 Å². The molecule has 28 heavy (non-hydrogen) atoms. The molecule has 6 nitrogen and oxygen atoms in total. The molecule has 0 bridgehead atoms. The van der Waals surface area contributed by atoms with Crippen molar-refractivity contribution in [2.75, 3.05) is 25.0 Å². The normalized spacial score (nSPS) is 15.9. The fourth-order valence-electron chi connectivity index (χ4n) is 2.98. The van der Waals surface area contributed by atoms with Gasteiger partial charge in [-0.25, -0.2) is 8.42 Å². The number of sulfonamides is 1. The Balaban J connectivity index is 1.57. The van der Waals surface area contributed by atoms with Gasteiger partial charge in [0.15, 0.2) is 6.61 Å². The predicted octanol–water partition coefficient (Wildman–Crippen LogP) is 3.89. The van der Waals surface area contributed by atoms with Gasteiger partial charge in [-0.3, -0.25) is 4.79 Å². The largest absolute Gasteiger partial charge is 0.484 e. The van der Waals surface area contributed by atoms with Gasteiger partial charge in [0.25, 0.3) is 5.91 Å². The Morgan fingerprint density at radius 3 is 2.43 bits per heavy atom. The maximum absolute atomic E-state index is 12.7. The number of piperidine rings is 1. The number of rotatable bonds is 6. The van der Waals surface area contributed by atoms with E-state index < -0.39 is 10.0 Å². The summed E-state index contributed by atoms with van der Waals surface area (Å²) >= 11 is 3.37. The Kier molecular flexibility index (Phi) is 6.74. The number of hydrogen-bond acceptors (Lipinski definition) is 4. The summed E-state index contributed by atoms with van der Waals surface area (Å²) in [6.45, 7) is 3.08. The average Bonchev–Trinajstić information content (AvgIpc) is 2.69.